The van der Waals surface area contributed by atoms with Gasteiger partial charge >= 0.3 is 0 Å². The first-order valence-electron chi connectivity index (χ1n) is 6.15. The van der Waals surface area contributed by atoms with E-state index in [0.29, 0.717) is 5.75 Å². The molecule has 1 aromatic rings. The van der Waals surface area contributed by atoms with Gasteiger partial charge in [-0.15, -0.1) is 0 Å². The van der Waals surface area contributed by atoms with Gasteiger partial charge in [0.1, 0.15) is 5.75 Å². The van der Waals surface area contributed by atoms with Crippen LogP contribution < -0.4 is 0 Å². The number of carbonyl (C=O) groups is 1. The summed E-state index contributed by atoms with van der Waals surface area (Å²) in [6.07, 6.45) is 1.87. The van der Waals surface area contributed by atoms with E-state index in [4.69, 9.17) is 0 Å². The number of hydrogen-bond acceptors (Lipinski definition) is 3. The largest absolute Gasteiger partial charge is 0.508 e. The molecule has 0 spiro atoms. The molecule has 19 heavy (non-hydrogen) atoms. The number of benzene rings is 1. The van der Waals surface area contributed by atoms with Crippen LogP contribution in [0.3, 0.4) is 0 Å². The summed E-state index contributed by atoms with van der Waals surface area (Å²) in [4.78, 5) is 13.7. The molecule has 0 fully saturated rings. The Kier molecular flexibility index (Phi) is 5.54. The van der Waals surface area contributed by atoms with E-state index >= 15 is 0 Å². The standard InChI is InChI=1S/C14H21NO3S/c1-10-5-6-12(7-13(10)16)8-14(17)15(3)11(2)9-19(4)18/h5-7,11,16H,8-9H2,1-4H3. The Morgan fingerprint density at radius 3 is 2.63 bits per heavy atom. The van der Waals surface area contributed by atoms with Crippen molar-refractivity contribution in [2.75, 3.05) is 19.1 Å². The number of carbonyl (C=O) groups excluding carboxylic acids is 1. The van der Waals surface area contributed by atoms with Crippen LogP contribution in [0.25, 0.3) is 0 Å². The van der Waals surface area contributed by atoms with Crippen molar-refractivity contribution < 1.29 is 14.1 Å². The Labute approximate surface area is 116 Å². The van der Waals surface area contributed by atoms with Gasteiger partial charge in [0.15, 0.2) is 0 Å². The summed E-state index contributed by atoms with van der Waals surface area (Å²) < 4.78 is 11.2. The number of rotatable bonds is 5. The van der Waals surface area contributed by atoms with Crippen LogP contribution in [0.15, 0.2) is 18.2 Å². The highest BCUT2D eigenvalue weighted by Gasteiger charge is 2.17. The zero-order valence-corrected chi connectivity index (χ0v) is 12.7. The summed E-state index contributed by atoms with van der Waals surface area (Å²) >= 11 is 0. The summed E-state index contributed by atoms with van der Waals surface area (Å²) in [5.74, 6) is 0.637. The third-order valence-corrected chi connectivity index (χ3v) is 4.11. The molecule has 0 radical (unpaired) electrons. The number of amides is 1. The van der Waals surface area contributed by atoms with E-state index in [2.05, 4.69) is 0 Å². The minimum absolute atomic E-state index is 0.0406. The van der Waals surface area contributed by atoms with Gasteiger partial charge in [-0.3, -0.25) is 9.00 Å². The predicted octanol–water partition coefficient (Wildman–Crippen LogP) is 1.47. The monoisotopic (exact) mass is 283 g/mol. The summed E-state index contributed by atoms with van der Waals surface area (Å²) in [6, 6.07) is 5.19. The normalized spacial score (nSPS) is 13.9. The maximum atomic E-state index is 12.1. The zero-order chi connectivity index (χ0) is 14.6. The van der Waals surface area contributed by atoms with Crippen LogP contribution in [0.4, 0.5) is 0 Å². The quantitative estimate of drug-likeness (QED) is 0.890. The summed E-state index contributed by atoms with van der Waals surface area (Å²) in [5.41, 5.74) is 1.57. The topological polar surface area (TPSA) is 57.6 Å². The van der Waals surface area contributed by atoms with Gasteiger partial charge in [-0.1, -0.05) is 12.1 Å². The molecule has 4 nitrogen and oxygen atoms in total. The maximum Gasteiger partial charge on any atom is 0.227 e. The smallest absolute Gasteiger partial charge is 0.227 e. The van der Waals surface area contributed by atoms with Crippen molar-refractivity contribution in [2.24, 2.45) is 0 Å². The van der Waals surface area contributed by atoms with E-state index in [-0.39, 0.29) is 24.1 Å². The second-order valence-electron chi connectivity index (χ2n) is 4.89. The van der Waals surface area contributed by atoms with Crippen LogP contribution in [-0.4, -0.2) is 45.2 Å². The van der Waals surface area contributed by atoms with E-state index in [9.17, 15) is 14.1 Å². The van der Waals surface area contributed by atoms with Crippen LogP contribution in [0.1, 0.15) is 18.1 Å². The first kappa shape index (κ1) is 15.7. The van der Waals surface area contributed by atoms with E-state index in [1.807, 2.05) is 19.9 Å². The molecule has 0 bridgehead atoms. The Balaban J connectivity index is 2.68. The lowest BCUT2D eigenvalue weighted by Gasteiger charge is -2.24. The van der Waals surface area contributed by atoms with Crippen LogP contribution in [-0.2, 0) is 22.0 Å². The van der Waals surface area contributed by atoms with Crippen molar-refractivity contribution in [3.05, 3.63) is 29.3 Å². The van der Waals surface area contributed by atoms with Crippen molar-refractivity contribution in [1.29, 1.82) is 0 Å². The Morgan fingerprint density at radius 2 is 2.11 bits per heavy atom. The molecule has 0 saturated heterocycles. The number of aryl methyl sites for hydroxylation is 1. The molecular formula is C14H21NO3S. The Morgan fingerprint density at radius 1 is 1.47 bits per heavy atom. The molecule has 1 aromatic carbocycles. The highest BCUT2D eigenvalue weighted by Crippen LogP contribution is 2.18. The molecule has 0 aliphatic carbocycles. The fourth-order valence-electron chi connectivity index (χ4n) is 1.76. The van der Waals surface area contributed by atoms with Gasteiger partial charge in [-0.25, -0.2) is 0 Å². The minimum Gasteiger partial charge on any atom is -0.508 e. The summed E-state index contributed by atoms with van der Waals surface area (Å²) in [6.45, 7) is 3.69. The highest BCUT2D eigenvalue weighted by atomic mass is 32.2. The number of likely N-dealkylation sites (N-methyl/N-ethyl adjacent to an activating group) is 1. The zero-order valence-electron chi connectivity index (χ0n) is 11.8. The van der Waals surface area contributed by atoms with Gasteiger partial charge in [-0.2, -0.15) is 0 Å². The predicted molar refractivity (Wildman–Crippen MR) is 77.7 cm³/mol. The molecule has 106 valence electrons. The van der Waals surface area contributed by atoms with Crippen molar-refractivity contribution >= 4 is 16.7 Å². The molecule has 0 saturated carbocycles. The summed E-state index contributed by atoms with van der Waals surface area (Å²) in [5, 5.41) is 9.61. The van der Waals surface area contributed by atoms with E-state index in [1.54, 1.807) is 30.3 Å². The van der Waals surface area contributed by atoms with Gasteiger partial charge in [0.2, 0.25) is 5.91 Å². The van der Waals surface area contributed by atoms with E-state index in [1.165, 1.54) is 0 Å². The lowest BCUT2D eigenvalue weighted by Crippen LogP contribution is -2.39. The number of phenolic OH excluding ortho intramolecular Hbond substituents is 1. The van der Waals surface area contributed by atoms with E-state index in [0.717, 1.165) is 11.1 Å². The fraction of sp³-hybridized carbons (Fsp3) is 0.500. The minimum atomic E-state index is -0.920. The van der Waals surface area contributed by atoms with Crippen molar-refractivity contribution in [1.82, 2.24) is 4.90 Å². The molecular weight excluding hydrogens is 262 g/mol. The fourth-order valence-corrected chi connectivity index (χ4v) is 2.66. The molecule has 0 aliphatic rings. The molecule has 1 amide bonds. The third-order valence-electron chi connectivity index (χ3n) is 3.16. The maximum absolute atomic E-state index is 12.1. The molecule has 2 atom stereocenters. The highest BCUT2D eigenvalue weighted by molar-refractivity contribution is 7.84. The lowest BCUT2D eigenvalue weighted by atomic mass is 10.1. The van der Waals surface area contributed by atoms with Gasteiger partial charge in [-0.05, 0) is 31.0 Å². The van der Waals surface area contributed by atoms with Crippen LogP contribution >= 0.6 is 0 Å². The number of aromatic hydroxyl groups is 1. The van der Waals surface area contributed by atoms with Crippen molar-refractivity contribution in [3.8, 4) is 5.75 Å². The van der Waals surface area contributed by atoms with Gasteiger partial charge in [0.05, 0.1) is 6.42 Å². The Hall–Kier alpha value is -1.36. The second kappa shape index (κ2) is 6.70. The van der Waals surface area contributed by atoms with E-state index < -0.39 is 10.8 Å². The summed E-state index contributed by atoms with van der Waals surface area (Å²) in [7, 11) is 0.796. The molecule has 2 unspecified atom stereocenters. The first-order valence-corrected chi connectivity index (χ1v) is 7.88. The van der Waals surface area contributed by atoms with Crippen LogP contribution in [0, 0.1) is 6.92 Å². The van der Waals surface area contributed by atoms with Crippen LogP contribution in [0.2, 0.25) is 0 Å². The molecule has 5 heteroatoms. The molecule has 1 N–H and O–H groups in total. The van der Waals surface area contributed by atoms with Gasteiger partial charge in [0, 0.05) is 35.9 Å². The van der Waals surface area contributed by atoms with Gasteiger partial charge in [0.25, 0.3) is 0 Å². The number of hydrogen-bond donors (Lipinski definition) is 1. The van der Waals surface area contributed by atoms with Gasteiger partial charge < -0.3 is 10.0 Å². The third kappa shape index (κ3) is 4.67. The molecule has 0 aromatic heterocycles. The SMILES string of the molecule is Cc1ccc(CC(=O)N(C)C(C)CS(C)=O)cc1O. The number of phenols is 1. The average molecular weight is 283 g/mol. The lowest BCUT2D eigenvalue weighted by molar-refractivity contribution is -0.130. The molecule has 0 heterocycles. The molecule has 0 aliphatic heterocycles. The van der Waals surface area contributed by atoms with Crippen molar-refractivity contribution in [3.63, 3.8) is 0 Å². The average Bonchev–Trinajstić information content (AvgIpc) is 2.32. The number of nitrogens with zero attached hydrogens (tertiary/aromatic N) is 1. The molecule has 1 rings (SSSR count). The Bertz CT molecular complexity index is 488. The van der Waals surface area contributed by atoms with Crippen LogP contribution in [0.5, 0.6) is 5.75 Å². The first-order chi connectivity index (χ1) is 8.81. The second-order valence-corrected chi connectivity index (χ2v) is 6.37. The van der Waals surface area contributed by atoms with Crippen molar-refractivity contribution in [2.45, 2.75) is 26.3 Å².